The number of aromatic nitrogens is 2. The van der Waals surface area contributed by atoms with Crippen LogP contribution >= 0.6 is 0 Å². The molecule has 0 bridgehead atoms. The van der Waals surface area contributed by atoms with E-state index in [1.54, 1.807) is 6.92 Å². The first-order valence-corrected chi connectivity index (χ1v) is 7.85. The maximum atomic E-state index is 12.4. The molecule has 1 aromatic heterocycles. The lowest BCUT2D eigenvalue weighted by molar-refractivity contribution is 0.102. The van der Waals surface area contributed by atoms with Crippen molar-refractivity contribution in [3.8, 4) is 11.5 Å². The summed E-state index contributed by atoms with van der Waals surface area (Å²) in [4.78, 5) is 16.6. The van der Waals surface area contributed by atoms with Crippen molar-refractivity contribution in [1.29, 1.82) is 0 Å². The fourth-order valence-corrected chi connectivity index (χ4v) is 2.37. The first kappa shape index (κ1) is 15.9. The molecule has 3 rings (SSSR count). The first-order chi connectivity index (χ1) is 11.5. The molecule has 5 heteroatoms. The Kier molecular flexibility index (Phi) is 4.42. The van der Waals surface area contributed by atoms with Gasteiger partial charge in [0.15, 0.2) is 5.82 Å². The molecule has 0 radical (unpaired) electrons. The highest BCUT2D eigenvalue weighted by Gasteiger charge is 2.10. The second kappa shape index (κ2) is 6.66. The van der Waals surface area contributed by atoms with Crippen LogP contribution in [0.5, 0.6) is 0 Å². The van der Waals surface area contributed by atoms with E-state index in [2.05, 4.69) is 29.3 Å². The SMILES string of the molecule is Cc1noc(-c2cccc(NC(=O)c3ccc(C(C)C)cc3)c2)n1. The average molecular weight is 321 g/mol. The summed E-state index contributed by atoms with van der Waals surface area (Å²) in [5.41, 5.74) is 3.28. The number of hydrogen-bond acceptors (Lipinski definition) is 4. The monoisotopic (exact) mass is 321 g/mol. The van der Waals surface area contributed by atoms with Crippen LogP contribution < -0.4 is 5.32 Å². The van der Waals surface area contributed by atoms with Gasteiger partial charge in [0.1, 0.15) is 0 Å². The number of carbonyl (C=O) groups is 1. The van der Waals surface area contributed by atoms with Gasteiger partial charge < -0.3 is 9.84 Å². The Morgan fingerprint density at radius 2 is 1.88 bits per heavy atom. The maximum absolute atomic E-state index is 12.4. The molecule has 0 atom stereocenters. The molecular weight excluding hydrogens is 302 g/mol. The highest BCUT2D eigenvalue weighted by atomic mass is 16.5. The average Bonchev–Trinajstić information content (AvgIpc) is 3.02. The van der Waals surface area contributed by atoms with Crippen LogP contribution in [0.2, 0.25) is 0 Å². The summed E-state index contributed by atoms with van der Waals surface area (Å²) < 4.78 is 5.16. The summed E-state index contributed by atoms with van der Waals surface area (Å²) in [6, 6.07) is 15.0. The summed E-state index contributed by atoms with van der Waals surface area (Å²) in [5.74, 6) is 1.30. The van der Waals surface area contributed by atoms with E-state index in [1.165, 1.54) is 5.56 Å². The van der Waals surface area contributed by atoms with Crippen molar-refractivity contribution in [3.05, 3.63) is 65.5 Å². The highest BCUT2D eigenvalue weighted by molar-refractivity contribution is 6.04. The van der Waals surface area contributed by atoms with E-state index in [4.69, 9.17) is 4.52 Å². The molecule has 0 saturated carbocycles. The van der Waals surface area contributed by atoms with Crippen LogP contribution in [0.25, 0.3) is 11.5 Å². The smallest absolute Gasteiger partial charge is 0.257 e. The molecule has 24 heavy (non-hydrogen) atoms. The molecule has 0 fully saturated rings. The molecule has 1 N–H and O–H groups in total. The number of aryl methyl sites for hydroxylation is 1. The van der Waals surface area contributed by atoms with Gasteiger partial charge in [0, 0.05) is 16.8 Å². The van der Waals surface area contributed by atoms with Gasteiger partial charge in [-0.15, -0.1) is 0 Å². The maximum Gasteiger partial charge on any atom is 0.257 e. The van der Waals surface area contributed by atoms with Gasteiger partial charge in [0.2, 0.25) is 0 Å². The molecule has 5 nitrogen and oxygen atoms in total. The molecule has 0 aliphatic heterocycles. The van der Waals surface area contributed by atoms with Crippen LogP contribution in [0.4, 0.5) is 5.69 Å². The van der Waals surface area contributed by atoms with Gasteiger partial charge in [-0.3, -0.25) is 4.79 Å². The minimum Gasteiger partial charge on any atom is -0.334 e. The van der Waals surface area contributed by atoms with Gasteiger partial charge in [0.05, 0.1) is 0 Å². The number of anilines is 1. The van der Waals surface area contributed by atoms with E-state index in [1.807, 2.05) is 48.5 Å². The Bertz CT molecular complexity index is 851. The standard InChI is InChI=1S/C19H19N3O2/c1-12(2)14-7-9-15(10-8-14)18(23)21-17-6-4-5-16(11-17)19-20-13(3)22-24-19/h4-12H,1-3H3,(H,21,23). The van der Waals surface area contributed by atoms with E-state index < -0.39 is 0 Å². The van der Waals surface area contributed by atoms with Crippen molar-refractivity contribution >= 4 is 11.6 Å². The van der Waals surface area contributed by atoms with Crippen molar-refractivity contribution in [2.24, 2.45) is 0 Å². The summed E-state index contributed by atoms with van der Waals surface area (Å²) in [5, 5.41) is 6.68. The van der Waals surface area contributed by atoms with Gasteiger partial charge in [-0.2, -0.15) is 4.98 Å². The number of nitrogens with one attached hydrogen (secondary N) is 1. The third kappa shape index (κ3) is 3.51. The third-order valence-corrected chi connectivity index (χ3v) is 3.73. The van der Waals surface area contributed by atoms with E-state index in [9.17, 15) is 4.79 Å². The van der Waals surface area contributed by atoms with Crippen molar-refractivity contribution in [2.45, 2.75) is 26.7 Å². The van der Waals surface area contributed by atoms with Crippen molar-refractivity contribution in [2.75, 3.05) is 5.32 Å². The molecule has 0 aliphatic carbocycles. The normalized spacial score (nSPS) is 10.8. The Morgan fingerprint density at radius 3 is 2.50 bits per heavy atom. The zero-order chi connectivity index (χ0) is 17.1. The van der Waals surface area contributed by atoms with Crippen molar-refractivity contribution < 1.29 is 9.32 Å². The molecule has 122 valence electrons. The Morgan fingerprint density at radius 1 is 1.12 bits per heavy atom. The molecule has 3 aromatic rings. The molecule has 0 aliphatic rings. The lowest BCUT2D eigenvalue weighted by atomic mass is 10.0. The summed E-state index contributed by atoms with van der Waals surface area (Å²) in [6.45, 7) is 6.01. The second-order valence-corrected chi connectivity index (χ2v) is 5.96. The van der Waals surface area contributed by atoms with E-state index in [0.29, 0.717) is 28.9 Å². The summed E-state index contributed by atoms with van der Waals surface area (Å²) in [6.07, 6.45) is 0. The molecule has 2 aromatic carbocycles. The zero-order valence-corrected chi connectivity index (χ0v) is 13.9. The minimum absolute atomic E-state index is 0.149. The fourth-order valence-electron chi connectivity index (χ4n) is 2.37. The van der Waals surface area contributed by atoms with Gasteiger partial charge >= 0.3 is 0 Å². The largest absolute Gasteiger partial charge is 0.334 e. The number of benzene rings is 2. The van der Waals surface area contributed by atoms with E-state index in [-0.39, 0.29) is 5.91 Å². The number of amides is 1. The van der Waals surface area contributed by atoms with Crippen LogP contribution in [-0.2, 0) is 0 Å². The number of rotatable bonds is 4. The summed E-state index contributed by atoms with van der Waals surface area (Å²) in [7, 11) is 0. The van der Waals surface area contributed by atoms with Crippen molar-refractivity contribution in [3.63, 3.8) is 0 Å². The van der Waals surface area contributed by atoms with E-state index >= 15 is 0 Å². The fraction of sp³-hybridized carbons (Fsp3) is 0.211. The van der Waals surface area contributed by atoms with Gasteiger partial charge in [-0.25, -0.2) is 0 Å². The minimum atomic E-state index is -0.149. The van der Waals surface area contributed by atoms with Gasteiger partial charge in [-0.05, 0) is 48.7 Å². The topological polar surface area (TPSA) is 68.0 Å². The Labute approximate surface area is 140 Å². The Balaban J connectivity index is 1.77. The van der Waals surface area contributed by atoms with Crippen LogP contribution in [0.3, 0.4) is 0 Å². The summed E-state index contributed by atoms with van der Waals surface area (Å²) >= 11 is 0. The number of carbonyl (C=O) groups excluding carboxylic acids is 1. The quantitative estimate of drug-likeness (QED) is 0.772. The van der Waals surface area contributed by atoms with Crippen LogP contribution in [0, 0.1) is 6.92 Å². The third-order valence-electron chi connectivity index (χ3n) is 3.73. The van der Waals surface area contributed by atoms with Gasteiger partial charge in [0.25, 0.3) is 11.8 Å². The molecule has 0 saturated heterocycles. The van der Waals surface area contributed by atoms with E-state index in [0.717, 1.165) is 5.56 Å². The molecule has 1 heterocycles. The second-order valence-electron chi connectivity index (χ2n) is 5.96. The van der Waals surface area contributed by atoms with Crippen LogP contribution in [-0.4, -0.2) is 16.0 Å². The number of nitrogens with zero attached hydrogens (tertiary/aromatic N) is 2. The first-order valence-electron chi connectivity index (χ1n) is 7.85. The van der Waals surface area contributed by atoms with Crippen LogP contribution in [0.15, 0.2) is 53.1 Å². The van der Waals surface area contributed by atoms with Crippen LogP contribution in [0.1, 0.15) is 41.5 Å². The molecule has 0 spiro atoms. The molecular formula is C19H19N3O2. The Hall–Kier alpha value is -2.95. The molecule has 0 unspecified atom stereocenters. The van der Waals surface area contributed by atoms with Crippen molar-refractivity contribution in [1.82, 2.24) is 10.1 Å². The highest BCUT2D eigenvalue weighted by Crippen LogP contribution is 2.22. The predicted octanol–water partition coefficient (Wildman–Crippen LogP) is 4.42. The lowest BCUT2D eigenvalue weighted by Crippen LogP contribution is -2.11. The molecule has 1 amide bonds. The number of hydrogen-bond donors (Lipinski definition) is 1. The predicted molar refractivity (Wildman–Crippen MR) is 93.0 cm³/mol. The zero-order valence-electron chi connectivity index (χ0n) is 13.9. The lowest BCUT2D eigenvalue weighted by Gasteiger charge is -2.08. The van der Waals surface area contributed by atoms with Gasteiger partial charge in [-0.1, -0.05) is 37.2 Å².